The number of carbonyl (C=O) groups is 2. The second-order valence-electron chi connectivity index (χ2n) is 10.9. The lowest BCUT2D eigenvalue weighted by Gasteiger charge is -2.30. The summed E-state index contributed by atoms with van der Waals surface area (Å²) in [6.07, 6.45) is -5.20. The van der Waals surface area contributed by atoms with Crippen molar-refractivity contribution in [2.24, 2.45) is 0 Å². The predicted octanol–water partition coefficient (Wildman–Crippen LogP) is 5.48. The molecule has 2 aliphatic rings. The average Bonchev–Trinajstić information content (AvgIpc) is 3.04. The fourth-order valence-corrected chi connectivity index (χ4v) is 5.99. The van der Waals surface area contributed by atoms with Gasteiger partial charge in [-0.05, 0) is 49.2 Å². The lowest BCUT2D eigenvalue weighted by Crippen LogP contribution is -2.42. The van der Waals surface area contributed by atoms with Gasteiger partial charge in [0.1, 0.15) is 12.4 Å². The highest BCUT2D eigenvalue weighted by Gasteiger charge is 2.38. The molecule has 1 aromatic heterocycles. The predicted molar refractivity (Wildman–Crippen MR) is 168 cm³/mol. The van der Waals surface area contributed by atoms with Crippen LogP contribution in [0.3, 0.4) is 0 Å². The lowest BCUT2D eigenvalue weighted by molar-refractivity contribution is -0.192. The highest BCUT2D eigenvalue weighted by molar-refractivity contribution is 7.99. The Labute approximate surface area is 281 Å². The smallest absolute Gasteiger partial charge is 0.481 e. The van der Waals surface area contributed by atoms with E-state index < -0.39 is 23.9 Å². The molecule has 1 fully saturated rings. The molecule has 1 amide bonds. The quantitative estimate of drug-likeness (QED) is 0.130. The third-order valence-corrected chi connectivity index (χ3v) is 8.77. The van der Waals surface area contributed by atoms with Crippen LogP contribution in [-0.4, -0.2) is 69.1 Å². The maximum Gasteiger partial charge on any atom is 0.490 e. The van der Waals surface area contributed by atoms with Crippen molar-refractivity contribution in [2.45, 2.75) is 61.4 Å². The number of fused-ring (bicyclic) bond motifs is 1. The normalized spacial score (nSPS) is 14.4. The summed E-state index contributed by atoms with van der Waals surface area (Å²) < 4.78 is 76.7. The molecule has 49 heavy (non-hydrogen) atoms. The molecule has 0 unspecified atom stereocenters. The van der Waals surface area contributed by atoms with Gasteiger partial charge in [-0.1, -0.05) is 48.2 Å². The first-order chi connectivity index (χ1) is 23.2. The van der Waals surface area contributed by atoms with Gasteiger partial charge in [0.25, 0.3) is 5.56 Å². The monoisotopic (exact) mass is 710 g/mol. The van der Waals surface area contributed by atoms with Crippen molar-refractivity contribution in [2.75, 3.05) is 26.2 Å². The number of nitrogens with one attached hydrogen (secondary N) is 1. The van der Waals surface area contributed by atoms with E-state index in [1.54, 1.807) is 21.2 Å². The van der Waals surface area contributed by atoms with Crippen LogP contribution in [0, 0.1) is 11.8 Å². The van der Waals surface area contributed by atoms with E-state index in [2.05, 4.69) is 17.2 Å². The lowest BCUT2D eigenvalue weighted by atomic mass is 10.0. The van der Waals surface area contributed by atoms with Crippen molar-refractivity contribution < 1.29 is 45.8 Å². The number of para-hydroxylation sites is 1. The molecule has 0 saturated heterocycles. The van der Waals surface area contributed by atoms with E-state index >= 15 is 0 Å². The Balaban J connectivity index is 0.000000698. The zero-order valence-corrected chi connectivity index (χ0v) is 26.8. The maximum absolute atomic E-state index is 13.7. The van der Waals surface area contributed by atoms with Crippen LogP contribution in [-0.2, 0) is 28.7 Å². The first-order valence-corrected chi connectivity index (χ1v) is 16.0. The highest BCUT2D eigenvalue weighted by Crippen LogP contribution is 2.36. The Bertz CT molecular complexity index is 1720. The number of carboxylic acid groups (broad SMARTS) is 1. The number of thioether (sulfide) groups is 1. The van der Waals surface area contributed by atoms with Crippen LogP contribution in [0.1, 0.15) is 42.5 Å². The number of amides is 1. The fourth-order valence-electron chi connectivity index (χ4n) is 4.67. The van der Waals surface area contributed by atoms with Crippen LogP contribution in [0.2, 0.25) is 0 Å². The molecular weight excluding hydrogens is 678 g/mol. The molecule has 0 bridgehead atoms. The standard InChI is InChI=1S/C31H31F3N4O3S.C2HF3O2/c32-31(33,34)22-11-13-24(14-12-22)41-20-5-4-17-35-18-15-28(39)37-19-16-27-26(21-37)29(40)38(23-7-2-1-3-8-23)30(36-27)42-25-9-6-10-25;3-2(4,5)1(6)7/h1-3,7-8,11-14,25,35H,6,9-10,15-21H2;(H,6,7). The second-order valence-corrected chi connectivity index (χ2v) is 12.2. The molecule has 2 heterocycles. The van der Waals surface area contributed by atoms with Crippen LogP contribution >= 0.6 is 11.8 Å². The van der Waals surface area contributed by atoms with Crippen LogP contribution in [0.5, 0.6) is 5.75 Å². The zero-order valence-electron chi connectivity index (χ0n) is 25.9. The molecule has 16 heteroatoms. The van der Waals surface area contributed by atoms with Crippen molar-refractivity contribution in [3.8, 4) is 23.3 Å². The fraction of sp³-hybridized carbons (Fsp3) is 0.394. The van der Waals surface area contributed by atoms with Crippen molar-refractivity contribution in [3.05, 3.63) is 81.8 Å². The SMILES string of the molecule is O=C(CCNCC#CCOc1ccc(C(F)(F)F)cc1)N1CCc2nc(SC3CCC3)n(-c3ccccc3)c(=O)c2C1.O=C(O)C(F)(F)F. The van der Waals surface area contributed by atoms with E-state index in [0.29, 0.717) is 42.6 Å². The first-order valence-electron chi connectivity index (χ1n) is 15.2. The molecule has 5 rings (SSSR count). The second kappa shape index (κ2) is 16.8. The largest absolute Gasteiger partial charge is 0.490 e. The van der Waals surface area contributed by atoms with Gasteiger partial charge in [-0.2, -0.15) is 26.3 Å². The van der Waals surface area contributed by atoms with E-state index in [1.807, 2.05) is 30.3 Å². The summed E-state index contributed by atoms with van der Waals surface area (Å²) in [5.41, 5.74) is 1.28. The van der Waals surface area contributed by atoms with E-state index in [4.69, 9.17) is 19.6 Å². The number of aliphatic carboxylic acids is 1. The number of alkyl halides is 6. The van der Waals surface area contributed by atoms with Crippen LogP contribution in [0.15, 0.2) is 64.5 Å². The van der Waals surface area contributed by atoms with Crippen molar-refractivity contribution in [3.63, 3.8) is 0 Å². The number of hydrogen-bond donors (Lipinski definition) is 2. The number of carbonyl (C=O) groups excluding carboxylic acids is 1. The van der Waals surface area contributed by atoms with Gasteiger partial charge >= 0.3 is 18.3 Å². The maximum atomic E-state index is 13.7. The summed E-state index contributed by atoms with van der Waals surface area (Å²) in [7, 11) is 0. The highest BCUT2D eigenvalue weighted by atomic mass is 32.2. The van der Waals surface area contributed by atoms with Gasteiger partial charge in [0.2, 0.25) is 5.91 Å². The topological polar surface area (TPSA) is 114 Å². The summed E-state index contributed by atoms with van der Waals surface area (Å²) >= 11 is 1.67. The van der Waals surface area contributed by atoms with Crippen molar-refractivity contribution >= 4 is 23.6 Å². The number of aromatic nitrogens is 2. The summed E-state index contributed by atoms with van der Waals surface area (Å²) in [6, 6.07) is 14.0. The van der Waals surface area contributed by atoms with Gasteiger partial charge in [-0.3, -0.25) is 14.2 Å². The minimum Gasteiger partial charge on any atom is -0.481 e. The van der Waals surface area contributed by atoms with Gasteiger partial charge in [0.15, 0.2) is 5.16 Å². The average molecular weight is 711 g/mol. The van der Waals surface area contributed by atoms with Crippen LogP contribution in [0.4, 0.5) is 26.3 Å². The van der Waals surface area contributed by atoms with Gasteiger partial charge < -0.3 is 20.1 Å². The summed E-state index contributed by atoms with van der Waals surface area (Å²) in [6.45, 7) is 1.54. The third-order valence-electron chi connectivity index (χ3n) is 7.48. The Morgan fingerprint density at radius 3 is 2.29 bits per heavy atom. The number of nitrogens with zero attached hydrogens (tertiary/aromatic N) is 3. The van der Waals surface area contributed by atoms with Gasteiger partial charge in [-0.15, -0.1) is 0 Å². The number of rotatable bonds is 9. The van der Waals surface area contributed by atoms with E-state index in [-0.39, 0.29) is 31.0 Å². The first kappa shape index (κ1) is 37.3. The van der Waals surface area contributed by atoms with E-state index in [9.17, 15) is 35.9 Å². The molecule has 0 radical (unpaired) electrons. The van der Waals surface area contributed by atoms with Gasteiger partial charge in [-0.25, -0.2) is 9.78 Å². The van der Waals surface area contributed by atoms with Gasteiger partial charge in [0, 0.05) is 31.2 Å². The molecule has 2 N–H and O–H groups in total. The molecule has 1 saturated carbocycles. The molecule has 3 aromatic rings. The molecular formula is C33H32F6N4O5S. The molecule has 262 valence electrons. The molecule has 0 spiro atoms. The Hall–Kier alpha value is -4.49. The van der Waals surface area contributed by atoms with Gasteiger partial charge in [0.05, 0.1) is 35.6 Å². The Morgan fingerprint density at radius 2 is 1.69 bits per heavy atom. The van der Waals surface area contributed by atoms with E-state index in [1.165, 1.54) is 18.6 Å². The molecule has 0 atom stereocenters. The molecule has 1 aliphatic heterocycles. The minimum atomic E-state index is -5.08. The molecule has 1 aliphatic carbocycles. The molecule has 9 nitrogen and oxygen atoms in total. The minimum absolute atomic E-state index is 0.0363. The molecule has 2 aromatic carbocycles. The number of carboxylic acids is 1. The summed E-state index contributed by atoms with van der Waals surface area (Å²) in [5, 5.41) is 11.4. The number of benzene rings is 2. The number of ether oxygens (including phenoxy) is 1. The van der Waals surface area contributed by atoms with Crippen molar-refractivity contribution in [1.82, 2.24) is 19.8 Å². The third kappa shape index (κ3) is 10.8. The Kier molecular flexibility index (Phi) is 12.8. The Morgan fingerprint density at radius 1 is 1.02 bits per heavy atom. The van der Waals surface area contributed by atoms with Crippen LogP contribution in [0.25, 0.3) is 5.69 Å². The number of halogens is 6. The number of hydrogen-bond acceptors (Lipinski definition) is 7. The summed E-state index contributed by atoms with van der Waals surface area (Å²) in [4.78, 5) is 42.2. The zero-order chi connectivity index (χ0) is 35.6. The summed E-state index contributed by atoms with van der Waals surface area (Å²) in [5.74, 6) is 3.16. The van der Waals surface area contributed by atoms with Crippen molar-refractivity contribution in [1.29, 1.82) is 0 Å². The van der Waals surface area contributed by atoms with Crippen LogP contribution < -0.4 is 15.6 Å². The van der Waals surface area contributed by atoms with E-state index in [0.717, 1.165) is 41.5 Å².